The van der Waals surface area contributed by atoms with Crippen LogP contribution in [0.3, 0.4) is 0 Å². The Labute approximate surface area is 145 Å². The largest absolute Gasteiger partial charge is 0.493 e. The molecular weight excluding hydrogens is 318 g/mol. The molecule has 2 N–H and O–H groups in total. The van der Waals surface area contributed by atoms with E-state index < -0.39 is 6.10 Å². The molecule has 0 spiro atoms. The molecule has 0 fully saturated rings. The van der Waals surface area contributed by atoms with Gasteiger partial charge in [0.15, 0.2) is 0 Å². The number of hydrogen-bond acceptors (Lipinski definition) is 4. The molecule has 1 aliphatic heterocycles. The van der Waals surface area contributed by atoms with Gasteiger partial charge in [-0.2, -0.15) is 0 Å². The highest BCUT2D eigenvalue weighted by Crippen LogP contribution is 2.28. The fourth-order valence-electron chi connectivity index (χ4n) is 3.19. The van der Waals surface area contributed by atoms with Crippen LogP contribution in [0.2, 0.25) is 0 Å². The molecule has 4 rings (SSSR count). The zero-order valence-corrected chi connectivity index (χ0v) is 13.9. The first-order valence-corrected chi connectivity index (χ1v) is 8.29. The van der Waals surface area contributed by atoms with E-state index in [-0.39, 0.29) is 12.5 Å². The number of aliphatic hydroxyl groups excluding tert-OH is 1. The maximum Gasteiger partial charge on any atom is 0.270 e. The third kappa shape index (κ3) is 2.85. The SMILES string of the molecule is Cc1nc2ccccn2c1C(=O)NCC(O)c1ccc2c(c1)CCO2. The van der Waals surface area contributed by atoms with E-state index in [4.69, 9.17) is 4.74 Å². The minimum Gasteiger partial charge on any atom is -0.493 e. The summed E-state index contributed by atoms with van der Waals surface area (Å²) in [6.45, 7) is 2.62. The number of hydrogen-bond donors (Lipinski definition) is 2. The van der Waals surface area contributed by atoms with Gasteiger partial charge in [0, 0.05) is 19.2 Å². The number of aliphatic hydroxyl groups is 1. The second kappa shape index (κ2) is 6.22. The number of pyridine rings is 1. The molecule has 1 amide bonds. The second-order valence-electron chi connectivity index (χ2n) is 6.17. The monoisotopic (exact) mass is 337 g/mol. The van der Waals surface area contributed by atoms with Crippen LogP contribution in [0, 0.1) is 6.92 Å². The first-order valence-electron chi connectivity index (χ1n) is 8.29. The van der Waals surface area contributed by atoms with Crippen LogP contribution in [0.1, 0.15) is 33.4 Å². The highest BCUT2D eigenvalue weighted by atomic mass is 16.5. The molecular formula is C19H19N3O3. The fraction of sp³-hybridized carbons (Fsp3) is 0.263. The molecule has 1 unspecified atom stereocenters. The van der Waals surface area contributed by atoms with Gasteiger partial charge in [0.2, 0.25) is 0 Å². The molecule has 25 heavy (non-hydrogen) atoms. The van der Waals surface area contributed by atoms with Crippen LogP contribution in [-0.4, -0.2) is 33.6 Å². The smallest absolute Gasteiger partial charge is 0.270 e. The van der Waals surface area contributed by atoms with Crippen LogP contribution in [0.5, 0.6) is 5.75 Å². The minimum absolute atomic E-state index is 0.137. The molecule has 128 valence electrons. The van der Waals surface area contributed by atoms with Crippen molar-refractivity contribution in [2.75, 3.05) is 13.2 Å². The number of aromatic nitrogens is 2. The first kappa shape index (κ1) is 15.7. The van der Waals surface area contributed by atoms with Crippen LogP contribution in [-0.2, 0) is 6.42 Å². The average molecular weight is 337 g/mol. The third-order valence-corrected chi connectivity index (χ3v) is 4.47. The summed E-state index contributed by atoms with van der Waals surface area (Å²) in [4.78, 5) is 16.9. The molecule has 1 aliphatic rings. The number of carbonyl (C=O) groups is 1. The Bertz CT molecular complexity index is 948. The lowest BCUT2D eigenvalue weighted by Gasteiger charge is -2.13. The summed E-state index contributed by atoms with van der Waals surface area (Å²) in [6, 6.07) is 11.2. The predicted molar refractivity (Wildman–Crippen MR) is 92.9 cm³/mol. The van der Waals surface area contributed by atoms with Crippen molar-refractivity contribution < 1.29 is 14.6 Å². The zero-order chi connectivity index (χ0) is 17.4. The maximum atomic E-state index is 12.6. The summed E-state index contributed by atoms with van der Waals surface area (Å²) in [6.07, 6.45) is 1.89. The summed E-state index contributed by atoms with van der Waals surface area (Å²) in [7, 11) is 0. The number of amides is 1. The van der Waals surface area contributed by atoms with E-state index in [9.17, 15) is 9.90 Å². The molecule has 0 saturated heterocycles. The van der Waals surface area contributed by atoms with Crippen molar-refractivity contribution in [2.24, 2.45) is 0 Å². The molecule has 0 saturated carbocycles. The van der Waals surface area contributed by atoms with E-state index in [1.165, 1.54) is 0 Å². The zero-order valence-electron chi connectivity index (χ0n) is 13.9. The van der Waals surface area contributed by atoms with Crippen molar-refractivity contribution in [3.63, 3.8) is 0 Å². The van der Waals surface area contributed by atoms with E-state index in [0.717, 1.165) is 28.9 Å². The van der Waals surface area contributed by atoms with Crippen molar-refractivity contribution >= 4 is 11.6 Å². The van der Waals surface area contributed by atoms with Gasteiger partial charge in [-0.3, -0.25) is 9.20 Å². The lowest BCUT2D eigenvalue weighted by Crippen LogP contribution is -2.29. The average Bonchev–Trinajstić information content (AvgIpc) is 3.21. The molecule has 6 nitrogen and oxygen atoms in total. The van der Waals surface area contributed by atoms with E-state index in [0.29, 0.717) is 18.0 Å². The highest BCUT2D eigenvalue weighted by molar-refractivity contribution is 5.94. The Balaban J connectivity index is 1.49. The van der Waals surface area contributed by atoms with Gasteiger partial charge in [0.1, 0.15) is 17.1 Å². The number of fused-ring (bicyclic) bond motifs is 2. The minimum atomic E-state index is -0.769. The van der Waals surface area contributed by atoms with Gasteiger partial charge in [-0.05, 0) is 42.3 Å². The number of rotatable bonds is 4. The first-order chi connectivity index (χ1) is 12.1. The van der Waals surface area contributed by atoms with Crippen molar-refractivity contribution in [1.29, 1.82) is 0 Å². The van der Waals surface area contributed by atoms with Crippen LogP contribution < -0.4 is 10.1 Å². The van der Waals surface area contributed by atoms with Gasteiger partial charge < -0.3 is 15.2 Å². The molecule has 1 atom stereocenters. The van der Waals surface area contributed by atoms with Gasteiger partial charge in [-0.25, -0.2) is 4.98 Å². The number of imidazole rings is 1. The summed E-state index contributed by atoms with van der Waals surface area (Å²) in [5.74, 6) is 0.626. The molecule has 6 heteroatoms. The van der Waals surface area contributed by atoms with Gasteiger partial charge >= 0.3 is 0 Å². The molecule has 0 radical (unpaired) electrons. The fourth-order valence-corrected chi connectivity index (χ4v) is 3.19. The molecule has 2 aromatic heterocycles. The van der Waals surface area contributed by atoms with E-state index in [1.54, 1.807) is 17.5 Å². The predicted octanol–water partition coefficient (Wildman–Crippen LogP) is 2.04. The summed E-state index contributed by atoms with van der Waals surface area (Å²) >= 11 is 0. The Morgan fingerprint density at radius 1 is 1.40 bits per heavy atom. The topological polar surface area (TPSA) is 75.9 Å². The quantitative estimate of drug-likeness (QED) is 0.764. The van der Waals surface area contributed by atoms with E-state index in [1.807, 2.05) is 36.4 Å². The van der Waals surface area contributed by atoms with E-state index >= 15 is 0 Å². The summed E-state index contributed by atoms with van der Waals surface area (Å²) < 4.78 is 7.23. The lowest BCUT2D eigenvalue weighted by molar-refractivity contribution is 0.0910. The third-order valence-electron chi connectivity index (χ3n) is 4.47. The lowest BCUT2D eigenvalue weighted by atomic mass is 10.0. The number of carbonyl (C=O) groups excluding carboxylic acids is 1. The normalized spacial score (nSPS) is 14.2. The van der Waals surface area contributed by atoms with Crippen molar-refractivity contribution in [3.8, 4) is 5.75 Å². The van der Waals surface area contributed by atoms with Gasteiger partial charge in [0.25, 0.3) is 5.91 Å². The van der Waals surface area contributed by atoms with Gasteiger partial charge in [0.05, 0.1) is 18.4 Å². The molecule has 1 aromatic carbocycles. The molecule has 3 aromatic rings. The van der Waals surface area contributed by atoms with Gasteiger partial charge in [-0.15, -0.1) is 0 Å². The number of aryl methyl sites for hydroxylation is 1. The molecule has 0 bridgehead atoms. The van der Waals surface area contributed by atoms with Crippen LogP contribution in [0.15, 0.2) is 42.6 Å². The van der Waals surface area contributed by atoms with E-state index in [2.05, 4.69) is 10.3 Å². The summed E-state index contributed by atoms with van der Waals surface area (Å²) in [5, 5.41) is 13.2. The van der Waals surface area contributed by atoms with Crippen molar-refractivity contribution in [2.45, 2.75) is 19.4 Å². The maximum absolute atomic E-state index is 12.6. The second-order valence-corrected chi connectivity index (χ2v) is 6.17. The molecule has 3 heterocycles. The number of ether oxygens (including phenoxy) is 1. The number of nitrogens with one attached hydrogen (secondary N) is 1. The Morgan fingerprint density at radius 3 is 3.16 bits per heavy atom. The molecule has 0 aliphatic carbocycles. The van der Waals surface area contributed by atoms with Gasteiger partial charge in [-0.1, -0.05) is 12.1 Å². The van der Waals surface area contributed by atoms with Crippen molar-refractivity contribution in [3.05, 3.63) is 65.1 Å². The Kier molecular flexibility index (Phi) is 3.89. The Morgan fingerprint density at radius 2 is 2.28 bits per heavy atom. The summed E-state index contributed by atoms with van der Waals surface area (Å²) in [5.41, 5.74) is 3.75. The Hall–Kier alpha value is -2.86. The van der Waals surface area contributed by atoms with Crippen LogP contribution >= 0.6 is 0 Å². The standard InChI is InChI=1S/C19H19N3O3/c1-12-18(22-8-3-2-4-17(22)21-12)19(24)20-11-15(23)13-5-6-16-14(10-13)7-9-25-16/h2-6,8,10,15,23H,7,9,11H2,1H3,(H,20,24). The van der Waals surface area contributed by atoms with Crippen LogP contribution in [0.4, 0.5) is 0 Å². The number of benzene rings is 1. The number of nitrogens with zero attached hydrogens (tertiary/aromatic N) is 2. The van der Waals surface area contributed by atoms with Crippen LogP contribution in [0.25, 0.3) is 5.65 Å². The highest BCUT2D eigenvalue weighted by Gasteiger charge is 2.19. The van der Waals surface area contributed by atoms with Crippen molar-refractivity contribution in [1.82, 2.24) is 14.7 Å².